The van der Waals surface area contributed by atoms with Crippen molar-refractivity contribution in [1.82, 2.24) is 4.98 Å². The molecule has 0 spiro atoms. The van der Waals surface area contributed by atoms with Crippen LogP contribution in [0, 0.1) is 0 Å². The fourth-order valence-electron chi connectivity index (χ4n) is 2.73. The van der Waals surface area contributed by atoms with E-state index in [2.05, 4.69) is 31.1 Å². The monoisotopic (exact) mass is 263 g/mol. The lowest BCUT2D eigenvalue weighted by Crippen LogP contribution is -1.93. The second kappa shape index (κ2) is 11.1. The van der Waals surface area contributed by atoms with Crippen LogP contribution in [0.4, 0.5) is 0 Å². The SMILES string of the molecule is CCCCCCCc1cc[nH]c1CCCCCCC. The first kappa shape index (κ1) is 16.3. The van der Waals surface area contributed by atoms with Crippen molar-refractivity contribution in [2.24, 2.45) is 0 Å². The van der Waals surface area contributed by atoms with Crippen LogP contribution in [0.5, 0.6) is 0 Å². The van der Waals surface area contributed by atoms with Gasteiger partial charge in [-0.15, -0.1) is 0 Å². The number of hydrogen-bond donors (Lipinski definition) is 1. The summed E-state index contributed by atoms with van der Waals surface area (Å²) in [5, 5.41) is 0. The zero-order valence-corrected chi connectivity index (χ0v) is 13.1. The normalized spacial score (nSPS) is 11.1. The smallest absolute Gasteiger partial charge is 0.0179 e. The largest absolute Gasteiger partial charge is 0.365 e. The Kier molecular flexibility index (Phi) is 9.57. The van der Waals surface area contributed by atoms with E-state index in [4.69, 9.17) is 0 Å². The van der Waals surface area contributed by atoms with Crippen molar-refractivity contribution < 1.29 is 0 Å². The van der Waals surface area contributed by atoms with Crippen LogP contribution >= 0.6 is 0 Å². The molecule has 0 saturated heterocycles. The predicted molar refractivity (Wildman–Crippen MR) is 85.7 cm³/mol. The highest BCUT2D eigenvalue weighted by Crippen LogP contribution is 2.15. The first-order chi connectivity index (χ1) is 9.38. The van der Waals surface area contributed by atoms with E-state index >= 15 is 0 Å². The van der Waals surface area contributed by atoms with Gasteiger partial charge in [-0.1, -0.05) is 65.2 Å². The first-order valence-corrected chi connectivity index (χ1v) is 8.53. The van der Waals surface area contributed by atoms with E-state index in [9.17, 15) is 0 Å². The number of aromatic nitrogens is 1. The zero-order valence-electron chi connectivity index (χ0n) is 13.1. The summed E-state index contributed by atoms with van der Waals surface area (Å²) in [6.07, 6.45) is 18.4. The fourth-order valence-corrected chi connectivity index (χ4v) is 2.73. The third-order valence-electron chi connectivity index (χ3n) is 4.01. The van der Waals surface area contributed by atoms with E-state index in [1.54, 1.807) is 5.56 Å². The van der Waals surface area contributed by atoms with Crippen LogP contribution < -0.4 is 0 Å². The van der Waals surface area contributed by atoms with Gasteiger partial charge in [0, 0.05) is 11.9 Å². The number of hydrogen-bond acceptors (Lipinski definition) is 0. The molecule has 0 radical (unpaired) electrons. The molecule has 0 aromatic carbocycles. The van der Waals surface area contributed by atoms with Crippen LogP contribution in [0.3, 0.4) is 0 Å². The average molecular weight is 263 g/mol. The van der Waals surface area contributed by atoms with Crippen LogP contribution in [0.1, 0.15) is 89.3 Å². The Labute approximate surface area is 120 Å². The highest BCUT2D eigenvalue weighted by molar-refractivity contribution is 5.20. The summed E-state index contributed by atoms with van der Waals surface area (Å²) in [6, 6.07) is 2.29. The van der Waals surface area contributed by atoms with Gasteiger partial charge in [-0.2, -0.15) is 0 Å². The van der Waals surface area contributed by atoms with E-state index in [1.807, 2.05) is 0 Å². The van der Waals surface area contributed by atoms with Gasteiger partial charge in [-0.25, -0.2) is 0 Å². The van der Waals surface area contributed by atoms with Gasteiger partial charge >= 0.3 is 0 Å². The van der Waals surface area contributed by atoms with Gasteiger partial charge in [0.25, 0.3) is 0 Å². The van der Waals surface area contributed by atoms with Gasteiger partial charge in [0.05, 0.1) is 0 Å². The summed E-state index contributed by atoms with van der Waals surface area (Å²) >= 11 is 0. The summed E-state index contributed by atoms with van der Waals surface area (Å²) < 4.78 is 0. The molecule has 1 heterocycles. The third-order valence-corrected chi connectivity index (χ3v) is 4.01. The van der Waals surface area contributed by atoms with Crippen LogP contribution in [0.25, 0.3) is 0 Å². The van der Waals surface area contributed by atoms with E-state index < -0.39 is 0 Å². The average Bonchev–Trinajstić information content (AvgIpc) is 2.86. The van der Waals surface area contributed by atoms with Crippen molar-refractivity contribution in [1.29, 1.82) is 0 Å². The number of nitrogens with one attached hydrogen (secondary N) is 1. The highest BCUT2D eigenvalue weighted by Gasteiger charge is 2.03. The van der Waals surface area contributed by atoms with Crippen LogP contribution in [0.2, 0.25) is 0 Å². The van der Waals surface area contributed by atoms with E-state index in [0.29, 0.717) is 0 Å². The van der Waals surface area contributed by atoms with Crippen molar-refractivity contribution in [2.75, 3.05) is 0 Å². The molecule has 1 aromatic rings. The maximum Gasteiger partial charge on any atom is 0.0179 e. The molecule has 1 rings (SSSR count). The Hall–Kier alpha value is -0.720. The molecule has 0 saturated carbocycles. The molecule has 0 unspecified atom stereocenters. The topological polar surface area (TPSA) is 15.8 Å². The van der Waals surface area contributed by atoms with Crippen molar-refractivity contribution in [3.63, 3.8) is 0 Å². The maximum absolute atomic E-state index is 3.45. The minimum Gasteiger partial charge on any atom is -0.365 e. The summed E-state index contributed by atoms with van der Waals surface area (Å²) in [5.41, 5.74) is 3.08. The van der Waals surface area contributed by atoms with E-state index in [1.165, 1.54) is 82.7 Å². The molecule has 19 heavy (non-hydrogen) atoms. The number of H-pyrrole nitrogens is 1. The molecule has 1 nitrogen and oxygen atoms in total. The molecule has 110 valence electrons. The Morgan fingerprint density at radius 2 is 1.32 bits per heavy atom. The molecule has 0 aliphatic heterocycles. The van der Waals surface area contributed by atoms with E-state index in [-0.39, 0.29) is 0 Å². The van der Waals surface area contributed by atoms with Crippen LogP contribution in [0.15, 0.2) is 12.3 Å². The van der Waals surface area contributed by atoms with Crippen LogP contribution in [-0.4, -0.2) is 4.98 Å². The summed E-state index contributed by atoms with van der Waals surface area (Å²) in [6.45, 7) is 4.56. The maximum atomic E-state index is 3.45. The molecule has 0 atom stereocenters. The lowest BCUT2D eigenvalue weighted by molar-refractivity contribution is 0.618. The Balaban J connectivity index is 2.15. The number of aromatic amines is 1. The molecule has 0 amide bonds. The Bertz CT molecular complexity index is 272. The van der Waals surface area contributed by atoms with Gasteiger partial charge < -0.3 is 4.98 Å². The van der Waals surface area contributed by atoms with Gasteiger partial charge in [0.15, 0.2) is 0 Å². The predicted octanol–water partition coefficient (Wildman–Crippen LogP) is 6.04. The van der Waals surface area contributed by atoms with Crippen molar-refractivity contribution >= 4 is 0 Å². The third kappa shape index (κ3) is 7.44. The standard InChI is InChI=1S/C18H33N/c1-3-5-7-9-11-13-17-15-16-19-18(17)14-12-10-8-6-4-2/h15-16,19H,3-14H2,1-2H3. The zero-order chi connectivity index (χ0) is 13.8. The highest BCUT2D eigenvalue weighted by atomic mass is 14.7. The molecule has 1 N–H and O–H groups in total. The fraction of sp³-hybridized carbons (Fsp3) is 0.778. The Morgan fingerprint density at radius 1 is 0.737 bits per heavy atom. The van der Waals surface area contributed by atoms with E-state index in [0.717, 1.165) is 0 Å². The quantitative estimate of drug-likeness (QED) is 0.442. The second-order valence-electron chi connectivity index (χ2n) is 5.81. The molecule has 0 aliphatic carbocycles. The summed E-state index contributed by atoms with van der Waals surface area (Å²) in [5.74, 6) is 0. The molecule has 0 aliphatic rings. The molecule has 1 heteroatoms. The lowest BCUT2D eigenvalue weighted by Gasteiger charge is -2.05. The van der Waals surface area contributed by atoms with Crippen molar-refractivity contribution in [3.05, 3.63) is 23.5 Å². The van der Waals surface area contributed by atoms with Crippen molar-refractivity contribution in [2.45, 2.75) is 90.9 Å². The van der Waals surface area contributed by atoms with Gasteiger partial charge in [-0.3, -0.25) is 0 Å². The lowest BCUT2D eigenvalue weighted by atomic mass is 10.0. The molecule has 0 bridgehead atoms. The van der Waals surface area contributed by atoms with Gasteiger partial charge in [0.1, 0.15) is 0 Å². The molecule has 1 aromatic heterocycles. The number of rotatable bonds is 12. The molecule has 0 fully saturated rings. The minimum atomic E-state index is 1.25. The number of unbranched alkanes of at least 4 members (excludes halogenated alkanes) is 8. The van der Waals surface area contributed by atoms with Crippen molar-refractivity contribution in [3.8, 4) is 0 Å². The first-order valence-electron chi connectivity index (χ1n) is 8.53. The summed E-state index contributed by atoms with van der Waals surface area (Å²) in [4.78, 5) is 3.45. The molecular formula is C18H33N. The summed E-state index contributed by atoms with van der Waals surface area (Å²) in [7, 11) is 0. The van der Waals surface area contributed by atoms with Crippen LogP contribution in [-0.2, 0) is 12.8 Å². The number of aryl methyl sites for hydroxylation is 2. The Morgan fingerprint density at radius 3 is 1.95 bits per heavy atom. The minimum absolute atomic E-state index is 1.25. The van der Waals surface area contributed by atoms with Gasteiger partial charge in [-0.05, 0) is 37.3 Å². The second-order valence-corrected chi connectivity index (χ2v) is 5.81. The molecular weight excluding hydrogens is 230 g/mol. The van der Waals surface area contributed by atoms with Gasteiger partial charge in [0.2, 0.25) is 0 Å².